The Hall–Kier alpha value is -1.35. The fraction of sp³-hybridized carbons (Fsp3) is 0.533. The summed E-state index contributed by atoms with van der Waals surface area (Å²) in [5.74, 6) is 0.192. The molecule has 0 saturated carbocycles. The van der Waals surface area contributed by atoms with Crippen LogP contribution in [0.4, 0.5) is 5.69 Å². The molecule has 3 nitrogen and oxygen atoms in total. The van der Waals surface area contributed by atoms with Crippen LogP contribution in [0.25, 0.3) is 0 Å². The van der Waals surface area contributed by atoms with Crippen LogP contribution in [0.5, 0.6) is 0 Å². The number of hydrogen-bond donors (Lipinski definition) is 2. The minimum Gasteiger partial charge on any atom is -0.385 e. The van der Waals surface area contributed by atoms with Crippen molar-refractivity contribution in [1.29, 1.82) is 0 Å². The minimum absolute atomic E-state index is 0.0976. The summed E-state index contributed by atoms with van der Waals surface area (Å²) in [6, 6.07) is 5.92. The van der Waals surface area contributed by atoms with Gasteiger partial charge in [-0.25, -0.2) is 0 Å². The third-order valence-corrected chi connectivity index (χ3v) is 3.42. The fourth-order valence-electron chi connectivity index (χ4n) is 2.33. The predicted octanol–water partition coefficient (Wildman–Crippen LogP) is 2.62. The Morgan fingerprint density at radius 2 is 2.33 bits per heavy atom. The molecule has 1 atom stereocenters. The van der Waals surface area contributed by atoms with Crippen LogP contribution >= 0.6 is 0 Å². The molecule has 1 aromatic carbocycles. The van der Waals surface area contributed by atoms with E-state index in [1.54, 1.807) is 0 Å². The van der Waals surface area contributed by atoms with E-state index in [-0.39, 0.29) is 11.8 Å². The lowest BCUT2D eigenvalue weighted by atomic mass is 9.97. The monoisotopic (exact) mass is 246 g/mol. The Labute approximate surface area is 109 Å². The normalized spacial score (nSPS) is 15.7. The van der Waals surface area contributed by atoms with Crippen molar-refractivity contribution in [3.05, 3.63) is 29.3 Å². The number of ketones is 1. The van der Waals surface area contributed by atoms with Crippen molar-refractivity contribution in [2.75, 3.05) is 18.4 Å². The number of carbonyl (C=O) groups excluding carboxylic acids is 1. The standard InChI is InChI=1S/C15H22N2O/c1-3-8-16-11(2)15(18)13-6-7-14-12(10-13)5-4-9-17-14/h6-7,10-11,16-17H,3-5,8-9H2,1-2H3. The highest BCUT2D eigenvalue weighted by molar-refractivity contribution is 6.00. The smallest absolute Gasteiger partial charge is 0.179 e. The second-order valence-corrected chi connectivity index (χ2v) is 4.94. The Balaban J connectivity index is 2.10. The number of carbonyl (C=O) groups is 1. The molecule has 0 radical (unpaired) electrons. The lowest BCUT2D eigenvalue weighted by molar-refractivity contribution is 0.0951. The first-order chi connectivity index (χ1) is 8.72. The van der Waals surface area contributed by atoms with Crippen LogP contribution in [0.2, 0.25) is 0 Å². The molecule has 1 heterocycles. The summed E-state index contributed by atoms with van der Waals surface area (Å²) in [6.07, 6.45) is 3.26. The molecular weight excluding hydrogens is 224 g/mol. The first-order valence-corrected chi connectivity index (χ1v) is 6.86. The number of hydrogen-bond acceptors (Lipinski definition) is 3. The van der Waals surface area contributed by atoms with Crippen molar-refractivity contribution in [2.45, 2.75) is 39.2 Å². The molecule has 0 bridgehead atoms. The molecule has 0 spiro atoms. The van der Waals surface area contributed by atoms with E-state index < -0.39 is 0 Å². The predicted molar refractivity (Wildman–Crippen MR) is 75.3 cm³/mol. The molecule has 1 aromatic rings. The van der Waals surface area contributed by atoms with Crippen LogP contribution in [-0.4, -0.2) is 24.9 Å². The third kappa shape index (κ3) is 2.91. The number of Topliss-reactive ketones (excluding diaryl/α,β-unsaturated/α-hetero) is 1. The van der Waals surface area contributed by atoms with Gasteiger partial charge in [-0.2, -0.15) is 0 Å². The Morgan fingerprint density at radius 1 is 1.50 bits per heavy atom. The maximum Gasteiger partial charge on any atom is 0.179 e. The molecule has 3 heteroatoms. The summed E-state index contributed by atoms with van der Waals surface area (Å²) < 4.78 is 0. The molecule has 0 amide bonds. The molecular formula is C15H22N2O. The lowest BCUT2D eigenvalue weighted by Gasteiger charge is -2.19. The van der Waals surface area contributed by atoms with Crippen LogP contribution in [0.1, 0.15) is 42.6 Å². The molecule has 2 rings (SSSR count). The Kier molecular flexibility index (Phi) is 4.37. The Bertz CT molecular complexity index is 429. The molecule has 18 heavy (non-hydrogen) atoms. The molecule has 98 valence electrons. The van der Waals surface area contributed by atoms with Gasteiger partial charge in [0.15, 0.2) is 5.78 Å². The van der Waals surface area contributed by atoms with Gasteiger partial charge in [-0.3, -0.25) is 4.79 Å². The van der Waals surface area contributed by atoms with Gasteiger partial charge in [0.25, 0.3) is 0 Å². The highest BCUT2D eigenvalue weighted by Crippen LogP contribution is 2.23. The molecule has 1 unspecified atom stereocenters. The highest BCUT2D eigenvalue weighted by Gasteiger charge is 2.16. The van der Waals surface area contributed by atoms with Gasteiger partial charge in [0.05, 0.1) is 6.04 Å². The van der Waals surface area contributed by atoms with E-state index in [0.717, 1.165) is 37.9 Å². The average Bonchev–Trinajstić information content (AvgIpc) is 2.43. The number of nitrogens with one attached hydrogen (secondary N) is 2. The van der Waals surface area contributed by atoms with Crippen molar-refractivity contribution >= 4 is 11.5 Å². The summed E-state index contributed by atoms with van der Waals surface area (Å²) in [6.45, 7) is 5.97. The van der Waals surface area contributed by atoms with E-state index in [1.807, 2.05) is 25.1 Å². The SMILES string of the molecule is CCCNC(C)C(=O)c1ccc2c(c1)CCCN2. The van der Waals surface area contributed by atoms with Crippen molar-refractivity contribution in [3.8, 4) is 0 Å². The number of fused-ring (bicyclic) bond motifs is 1. The molecule has 2 N–H and O–H groups in total. The highest BCUT2D eigenvalue weighted by atomic mass is 16.1. The van der Waals surface area contributed by atoms with Gasteiger partial charge in [-0.1, -0.05) is 6.92 Å². The zero-order chi connectivity index (χ0) is 13.0. The lowest BCUT2D eigenvalue weighted by Crippen LogP contribution is -2.34. The molecule has 0 saturated heterocycles. The first kappa shape index (κ1) is 13.1. The number of aryl methyl sites for hydroxylation is 1. The van der Waals surface area contributed by atoms with Crippen LogP contribution in [-0.2, 0) is 6.42 Å². The van der Waals surface area contributed by atoms with Crippen molar-refractivity contribution in [1.82, 2.24) is 5.32 Å². The van der Waals surface area contributed by atoms with E-state index in [4.69, 9.17) is 0 Å². The van der Waals surface area contributed by atoms with Gasteiger partial charge in [0.1, 0.15) is 0 Å². The van der Waals surface area contributed by atoms with Crippen LogP contribution in [0.3, 0.4) is 0 Å². The summed E-state index contributed by atoms with van der Waals surface area (Å²) in [5, 5.41) is 6.61. The van der Waals surface area contributed by atoms with Crippen LogP contribution in [0.15, 0.2) is 18.2 Å². The molecule has 0 aliphatic carbocycles. The zero-order valence-electron chi connectivity index (χ0n) is 11.3. The molecule has 0 aromatic heterocycles. The molecule has 1 aliphatic heterocycles. The quantitative estimate of drug-likeness (QED) is 0.785. The Morgan fingerprint density at radius 3 is 3.11 bits per heavy atom. The minimum atomic E-state index is -0.0976. The number of anilines is 1. The van der Waals surface area contributed by atoms with Crippen molar-refractivity contribution in [3.63, 3.8) is 0 Å². The second kappa shape index (κ2) is 6.01. The fourth-order valence-corrected chi connectivity index (χ4v) is 2.33. The van der Waals surface area contributed by atoms with E-state index >= 15 is 0 Å². The van der Waals surface area contributed by atoms with E-state index in [1.165, 1.54) is 11.3 Å². The van der Waals surface area contributed by atoms with Crippen LogP contribution in [0, 0.1) is 0 Å². The first-order valence-electron chi connectivity index (χ1n) is 6.86. The maximum absolute atomic E-state index is 12.3. The number of rotatable bonds is 5. The molecule has 1 aliphatic rings. The molecule has 0 fully saturated rings. The van der Waals surface area contributed by atoms with Gasteiger partial charge in [0, 0.05) is 17.8 Å². The van der Waals surface area contributed by atoms with Gasteiger partial charge in [-0.05, 0) is 56.5 Å². The average molecular weight is 246 g/mol. The summed E-state index contributed by atoms with van der Waals surface area (Å²) in [5.41, 5.74) is 3.29. The summed E-state index contributed by atoms with van der Waals surface area (Å²) >= 11 is 0. The van der Waals surface area contributed by atoms with E-state index in [0.29, 0.717) is 0 Å². The summed E-state index contributed by atoms with van der Waals surface area (Å²) in [4.78, 5) is 12.3. The van der Waals surface area contributed by atoms with Crippen molar-refractivity contribution in [2.24, 2.45) is 0 Å². The largest absolute Gasteiger partial charge is 0.385 e. The van der Waals surface area contributed by atoms with Gasteiger partial charge < -0.3 is 10.6 Å². The second-order valence-electron chi connectivity index (χ2n) is 4.94. The topological polar surface area (TPSA) is 41.1 Å². The van der Waals surface area contributed by atoms with E-state index in [2.05, 4.69) is 17.6 Å². The van der Waals surface area contributed by atoms with Crippen LogP contribution < -0.4 is 10.6 Å². The summed E-state index contributed by atoms with van der Waals surface area (Å²) in [7, 11) is 0. The van der Waals surface area contributed by atoms with Gasteiger partial charge >= 0.3 is 0 Å². The van der Waals surface area contributed by atoms with Gasteiger partial charge in [-0.15, -0.1) is 0 Å². The van der Waals surface area contributed by atoms with Gasteiger partial charge in [0.2, 0.25) is 0 Å². The zero-order valence-corrected chi connectivity index (χ0v) is 11.3. The van der Waals surface area contributed by atoms with E-state index in [9.17, 15) is 4.79 Å². The maximum atomic E-state index is 12.3. The van der Waals surface area contributed by atoms with Crippen molar-refractivity contribution < 1.29 is 4.79 Å². The number of benzene rings is 1. The third-order valence-electron chi connectivity index (χ3n) is 3.42.